The molecular formula is C28H48O6Si. The van der Waals surface area contributed by atoms with E-state index in [9.17, 15) is 9.59 Å². The molecule has 7 atom stereocenters. The van der Waals surface area contributed by atoms with Crippen molar-refractivity contribution in [1.82, 2.24) is 0 Å². The van der Waals surface area contributed by atoms with Crippen LogP contribution in [0, 0.1) is 28.6 Å². The van der Waals surface area contributed by atoms with E-state index in [0.29, 0.717) is 13.2 Å². The van der Waals surface area contributed by atoms with Crippen molar-refractivity contribution in [1.29, 1.82) is 0 Å². The Bertz CT molecular complexity index is 815. The third kappa shape index (κ3) is 4.46. The van der Waals surface area contributed by atoms with Crippen LogP contribution in [0.2, 0.25) is 18.1 Å². The van der Waals surface area contributed by atoms with Gasteiger partial charge in [0.15, 0.2) is 14.1 Å². The largest absolute Gasteiger partial charge is 0.462 e. The summed E-state index contributed by atoms with van der Waals surface area (Å²) in [4.78, 5) is 24.9. The quantitative estimate of drug-likeness (QED) is 0.262. The molecule has 0 N–H and O–H groups in total. The maximum atomic E-state index is 12.6. The number of rotatable bonds is 5. The average Bonchev–Trinajstić information content (AvgIpc) is 3.34. The van der Waals surface area contributed by atoms with E-state index in [1.54, 1.807) is 0 Å². The minimum Gasteiger partial charge on any atom is -0.462 e. The number of fused-ring (bicyclic) bond motifs is 2. The van der Waals surface area contributed by atoms with E-state index in [0.717, 1.165) is 44.9 Å². The van der Waals surface area contributed by atoms with Gasteiger partial charge in [-0.15, -0.1) is 0 Å². The van der Waals surface area contributed by atoms with Gasteiger partial charge in [0.2, 0.25) is 0 Å². The molecule has 1 heterocycles. The number of carbonyl (C=O) groups is 2. The van der Waals surface area contributed by atoms with E-state index >= 15 is 0 Å². The molecule has 1 spiro atoms. The highest BCUT2D eigenvalue weighted by Crippen LogP contribution is 2.65. The van der Waals surface area contributed by atoms with Gasteiger partial charge in [0.05, 0.1) is 13.2 Å². The smallest absolute Gasteiger partial charge is 0.302 e. The number of hydrogen-bond acceptors (Lipinski definition) is 6. The standard InChI is InChI=1S/C28H48O6Si/c1-19(30)33-24-22(10-13-27(6)23(24)11-14-28(27)31-15-16-32-28)26(5)12-9-21(17-20(26)18-29)34-35(7,8)25(2,3)4/h18,20-24H,9-17H2,1-8H3/t20-,21?,22?,23?,24-,26+,27+/m1/s1. The molecule has 3 aliphatic carbocycles. The minimum atomic E-state index is -1.92. The topological polar surface area (TPSA) is 71.1 Å². The van der Waals surface area contributed by atoms with Gasteiger partial charge in [-0.3, -0.25) is 4.79 Å². The van der Waals surface area contributed by atoms with E-state index in [4.69, 9.17) is 18.6 Å². The van der Waals surface area contributed by atoms with Crippen LogP contribution in [0.25, 0.3) is 0 Å². The van der Waals surface area contributed by atoms with E-state index in [-0.39, 0.29) is 51.8 Å². The van der Waals surface area contributed by atoms with Crippen LogP contribution in [0.1, 0.15) is 86.5 Å². The third-order valence-corrected chi connectivity index (χ3v) is 15.5. The number of esters is 1. The van der Waals surface area contributed by atoms with Crippen molar-refractivity contribution in [3.63, 3.8) is 0 Å². The van der Waals surface area contributed by atoms with E-state index in [2.05, 4.69) is 47.7 Å². The lowest BCUT2D eigenvalue weighted by Crippen LogP contribution is -2.58. The van der Waals surface area contributed by atoms with Gasteiger partial charge in [0.1, 0.15) is 12.4 Å². The Morgan fingerprint density at radius 3 is 2.20 bits per heavy atom. The first-order valence-electron chi connectivity index (χ1n) is 13.8. The van der Waals surface area contributed by atoms with Crippen molar-refractivity contribution < 1.29 is 28.2 Å². The maximum absolute atomic E-state index is 12.6. The van der Waals surface area contributed by atoms with Crippen molar-refractivity contribution in [2.75, 3.05) is 13.2 Å². The first kappa shape index (κ1) is 27.3. The number of carbonyl (C=O) groups excluding carboxylic acids is 2. The monoisotopic (exact) mass is 508 g/mol. The van der Waals surface area contributed by atoms with Crippen LogP contribution in [-0.2, 0) is 28.2 Å². The van der Waals surface area contributed by atoms with Gasteiger partial charge in [0.25, 0.3) is 0 Å². The zero-order valence-corrected chi connectivity index (χ0v) is 24.3. The van der Waals surface area contributed by atoms with Gasteiger partial charge in [-0.25, -0.2) is 0 Å². The molecule has 0 amide bonds. The van der Waals surface area contributed by atoms with Crippen LogP contribution in [-0.4, -0.2) is 51.8 Å². The first-order chi connectivity index (χ1) is 16.2. The molecule has 1 aliphatic heterocycles. The van der Waals surface area contributed by atoms with Crippen molar-refractivity contribution in [3.05, 3.63) is 0 Å². The fourth-order valence-corrected chi connectivity index (χ4v) is 9.13. The molecule has 1 saturated heterocycles. The summed E-state index contributed by atoms with van der Waals surface area (Å²) in [6.45, 7) is 18.7. The molecule has 0 aromatic carbocycles. The molecule has 4 rings (SSSR count). The molecule has 6 nitrogen and oxygen atoms in total. The Labute approximate surface area is 213 Å². The zero-order chi connectivity index (χ0) is 25.9. The highest BCUT2D eigenvalue weighted by Gasteiger charge is 2.67. The van der Waals surface area contributed by atoms with E-state index in [1.165, 1.54) is 13.2 Å². The lowest BCUT2D eigenvalue weighted by molar-refractivity contribution is -0.252. The van der Waals surface area contributed by atoms with Crippen LogP contribution >= 0.6 is 0 Å². The molecule has 3 unspecified atom stereocenters. The Morgan fingerprint density at radius 1 is 1.00 bits per heavy atom. The lowest BCUT2D eigenvalue weighted by atomic mass is 9.51. The second-order valence-corrected chi connectivity index (χ2v) is 18.5. The maximum Gasteiger partial charge on any atom is 0.302 e. The summed E-state index contributed by atoms with van der Waals surface area (Å²) in [6, 6.07) is 0. The molecule has 35 heavy (non-hydrogen) atoms. The Kier molecular flexibility index (Phi) is 7.18. The Hall–Kier alpha value is -0.763. The van der Waals surface area contributed by atoms with Crippen molar-refractivity contribution >= 4 is 20.6 Å². The summed E-state index contributed by atoms with van der Waals surface area (Å²) in [5.74, 6) is -0.577. The van der Waals surface area contributed by atoms with E-state index < -0.39 is 14.1 Å². The summed E-state index contributed by atoms with van der Waals surface area (Å²) >= 11 is 0. The molecular weight excluding hydrogens is 460 g/mol. The van der Waals surface area contributed by atoms with Crippen molar-refractivity contribution in [3.8, 4) is 0 Å². The van der Waals surface area contributed by atoms with E-state index in [1.807, 2.05) is 0 Å². The predicted molar refractivity (Wildman–Crippen MR) is 137 cm³/mol. The number of ether oxygens (including phenoxy) is 3. The number of aldehydes is 1. The molecule has 0 bridgehead atoms. The summed E-state index contributed by atoms with van der Waals surface area (Å²) in [7, 11) is -1.92. The molecule has 0 aromatic heterocycles. The van der Waals surface area contributed by atoms with Crippen LogP contribution in [0.3, 0.4) is 0 Å². The van der Waals surface area contributed by atoms with Gasteiger partial charge in [-0.2, -0.15) is 0 Å². The predicted octanol–water partition coefficient (Wildman–Crippen LogP) is 5.88. The second-order valence-electron chi connectivity index (χ2n) is 13.8. The second kappa shape index (κ2) is 9.21. The highest BCUT2D eigenvalue weighted by molar-refractivity contribution is 6.74. The van der Waals surface area contributed by atoms with Gasteiger partial charge in [-0.05, 0) is 62.1 Å². The Balaban J connectivity index is 1.58. The molecule has 3 saturated carbocycles. The molecule has 7 heteroatoms. The highest BCUT2D eigenvalue weighted by atomic mass is 28.4. The fourth-order valence-electron chi connectivity index (χ4n) is 7.72. The molecule has 4 aliphatic rings. The number of hydrogen-bond donors (Lipinski definition) is 0. The summed E-state index contributed by atoms with van der Waals surface area (Å²) in [5, 5.41) is 0.140. The lowest BCUT2D eigenvalue weighted by Gasteiger charge is -2.57. The van der Waals surface area contributed by atoms with Crippen molar-refractivity contribution in [2.24, 2.45) is 28.6 Å². The average molecular weight is 509 g/mol. The van der Waals surface area contributed by atoms with Crippen molar-refractivity contribution in [2.45, 2.75) is 123 Å². The fraction of sp³-hybridized carbons (Fsp3) is 0.929. The van der Waals surface area contributed by atoms with Gasteiger partial charge < -0.3 is 23.4 Å². The third-order valence-electron chi connectivity index (χ3n) is 10.9. The summed E-state index contributed by atoms with van der Waals surface area (Å²) in [5.41, 5.74) is -0.403. The zero-order valence-electron chi connectivity index (χ0n) is 23.3. The molecule has 0 aromatic rings. The SMILES string of the molecule is CC(=O)O[C@H]1C2CCC3(OCCO3)[C@@]2(C)CCC1[C@@]1(C)CCC(O[Si](C)(C)C(C)(C)C)C[C@@H]1C=O. The van der Waals surface area contributed by atoms with Gasteiger partial charge in [-0.1, -0.05) is 34.6 Å². The Morgan fingerprint density at radius 2 is 1.63 bits per heavy atom. The molecule has 4 fully saturated rings. The normalized spacial score (nSPS) is 41.5. The summed E-state index contributed by atoms with van der Waals surface area (Å²) < 4.78 is 25.4. The summed E-state index contributed by atoms with van der Waals surface area (Å²) in [6.07, 6.45) is 7.33. The van der Waals surface area contributed by atoms with Gasteiger partial charge in [0, 0.05) is 42.6 Å². The molecule has 200 valence electrons. The molecule has 0 radical (unpaired) electrons. The van der Waals surface area contributed by atoms with Crippen LogP contribution in [0.5, 0.6) is 0 Å². The minimum absolute atomic E-state index is 0.104. The van der Waals surface area contributed by atoms with Crippen LogP contribution < -0.4 is 0 Å². The van der Waals surface area contributed by atoms with Crippen LogP contribution in [0.15, 0.2) is 0 Å². The first-order valence-corrected chi connectivity index (χ1v) is 16.7. The van der Waals surface area contributed by atoms with Gasteiger partial charge >= 0.3 is 5.97 Å². The van der Waals surface area contributed by atoms with Crippen LogP contribution in [0.4, 0.5) is 0 Å².